The molecule has 0 amide bonds. The van der Waals surface area contributed by atoms with Crippen molar-refractivity contribution in [2.24, 2.45) is 0 Å². The summed E-state index contributed by atoms with van der Waals surface area (Å²) >= 11 is 0. The third kappa shape index (κ3) is 1.74. The molecule has 2 aromatic rings. The second-order valence-electron chi connectivity index (χ2n) is 3.45. The molecule has 4 heteroatoms. The Morgan fingerprint density at radius 3 is 2.81 bits per heavy atom. The minimum atomic E-state index is -0.462. The number of hydrogen-bond donors (Lipinski definition) is 0. The Bertz CT molecular complexity index is 566. The summed E-state index contributed by atoms with van der Waals surface area (Å²) < 4.78 is 17.6. The fourth-order valence-electron chi connectivity index (χ4n) is 1.56. The number of esters is 1. The van der Waals surface area contributed by atoms with Crippen molar-refractivity contribution in [1.29, 1.82) is 0 Å². The molecule has 0 saturated carbocycles. The molecular weight excluding hydrogens is 209 g/mol. The van der Waals surface area contributed by atoms with E-state index in [1.165, 1.54) is 19.2 Å². The van der Waals surface area contributed by atoms with Crippen molar-refractivity contribution >= 4 is 16.9 Å². The largest absolute Gasteiger partial charge is 0.465 e. The number of benzene rings is 1. The van der Waals surface area contributed by atoms with E-state index >= 15 is 0 Å². The SMILES string of the molecule is COC(=O)c1cc2cc(F)ccc2nc1C. The van der Waals surface area contributed by atoms with Crippen LogP contribution >= 0.6 is 0 Å². The lowest BCUT2D eigenvalue weighted by atomic mass is 10.1. The minimum Gasteiger partial charge on any atom is -0.465 e. The van der Waals surface area contributed by atoms with Crippen LogP contribution in [0.4, 0.5) is 4.39 Å². The first-order valence-electron chi connectivity index (χ1n) is 4.77. The van der Waals surface area contributed by atoms with Gasteiger partial charge in [0.1, 0.15) is 5.82 Å². The van der Waals surface area contributed by atoms with Gasteiger partial charge in [0, 0.05) is 5.39 Å². The summed E-state index contributed by atoms with van der Waals surface area (Å²) in [5.41, 5.74) is 1.60. The molecule has 0 N–H and O–H groups in total. The maximum atomic E-state index is 13.0. The number of aromatic nitrogens is 1. The molecule has 1 aromatic heterocycles. The number of rotatable bonds is 1. The monoisotopic (exact) mass is 219 g/mol. The molecule has 0 saturated heterocycles. The maximum absolute atomic E-state index is 13.0. The molecule has 0 atom stereocenters. The lowest BCUT2D eigenvalue weighted by Gasteiger charge is -2.05. The van der Waals surface area contributed by atoms with Gasteiger partial charge in [-0.1, -0.05) is 0 Å². The topological polar surface area (TPSA) is 39.2 Å². The van der Waals surface area contributed by atoms with E-state index < -0.39 is 5.97 Å². The van der Waals surface area contributed by atoms with E-state index in [4.69, 9.17) is 0 Å². The van der Waals surface area contributed by atoms with Crippen molar-refractivity contribution in [1.82, 2.24) is 4.98 Å². The number of fused-ring (bicyclic) bond motifs is 1. The van der Waals surface area contributed by atoms with E-state index in [1.54, 1.807) is 19.1 Å². The molecule has 82 valence electrons. The summed E-state index contributed by atoms with van der Waals surface area (Å²) in [6.45, 7) is 1.72. The number of carbonyl (C=O) groups is 1. The van der Waals surface area contributed by atoms with Crippen LogP contribution in [0.15, 0.2) is 24.3 Å². The van der Waals surface area contributed by atoms with Crippen molar-refractivity contribution in [3.8, 4) is 0 Å². The van der Waals surface area contributed by atoms with Gasteiger partial charge >= 0.3 is 5.97 Å². The zero-order chi connectivity index (χ0) is 11.7. The number of methoxy groups -OCH3 is 1. The normalized spacial score (nSPS) is 10.4. The molecule has 0 aliphatic rings. The summed E-state index contributed by atoms with van der Waals surface area (Å²) in [5, 5.41) is 0.589. The molecule has 0 aliphatic heterocycles. The minimum absolute atomic E-state index is 0.353. The molecule has 0 fully saturated rings. The van der Waals surface area contributed by atoms with Crippen LogP contribution in [0.25, 0.3) is 10.9 Å². The molecule has 1 aromatic carbocycles. The van der Waals surface area contributed by atoms with Crippen molar-refractivity contribution in [3.05, 3.63) is 41.3 Å². The van der Waals surface area contributed by atoms with Gasteiger partial charge < -0.3 is 4.74 Å². The maximum Gasteiger partial charge on any atom is 0.339 e. The van der Waals surface area contributed by atoms with Crippen LogP contribution in [-0.4, -0.2) is 18.1 Å². The first-order valence-corrected chi connectivity index (χ1v) is 4.77. The number of hydrogen-bond acceptors (Lipinski definition) is 3. The quantitative estimate of drug-likeness (QED) is 0.691. The summed E-state index contributed by atoms with van der Waals surface area (Å²) in [6.07, 6.45) is 0. The van der Waals surface area contributed by atoms with Crippen LogP contribution in [0.5, 0.6) is 0 Å². The molecule has 1 heterocycles. The third-order valence-corrected chi connectivity index (χ3v) is 2.37. The van der Waals surface area contributed by atoms with E-state index in [9.17, 15) is 9.18 Å². The van der Waals surface area contributed by atoms with Gasteiger partial charge in [0.2, 0.25) is 0 Å². The Balaban J connectivity index is 2.68. The molecule has 0 aliphatic carbocycles. The van der Waals surface area contributed by atoms with Gasteiger partial charge in [-0.15, -0.1) is 0 Å². The molecule has 0 radical (unpaired) electrons. The van der Waals surface area contributed by atoms with Gasteiger partial charge in [-0.05, 0) is 31.2 Å². The van der Waals surface area contributed by atoms with Crippen LogP contribution in [-0.2, 0) is 4.74 Å². The Morgan fingerprint density at radius 2 is 2.12 bits per heavy atom. The molecule has 0 unspecified atom stereocenters. The number of ether oxygens (including phenoxy) is 1. The molecule has 0 bridgehead atoms. The zero-order valence-corrected chi connectivity index (χ0v) is 8.95. The average molecular weight is 219 g/mol. The lowest BCUT2D eigenvalue weighted by Crippen LogP contribution is -2.05. The fourth-order valence-corrected chi connectivity index (χ4v) is 1.56. The summed E-state index contributed by atoms with van der Waals surface area (Å²) in [4.78, 5) is 15.6. The second-order valence-corrected chi connectivity index (χ2v) is 3.45. The number of pyridine rings is 1. The highest BCUT2D eigenvalue weighted by atomic mass is 19.1. The highest BCUT2D eigenvalue weighted by Gasteiger charge is 2.11. The zero-order valence-electron chi connectivity index (χ0n) is 8.95. The van der Waals surface area contributed by atoms with E-state index in [-0.39, 0.29) is 5.82 Å². The van der Waals surface area contributed by atoms with Gasteiger partial charge in [0.05, 0.1) is 23.9 Å². The Morgan fingerprint density at radius 1 is 1.38 bits per heavy atom. The molecule has 0 spiro atoms. The smallest absolute Gasteiger partial charge is 0.339 e. The highest BCUT2D eigenvalue weighted by molar-refractivity contribution is 5.95. The van der Waals surface area contributed by atoms with E-state index in [0.29, 0.717) is 22.2 Å². The number of aryl methyl sites for hydroxylation is 1. The third-order valence-electron chi connectivity index (χ3n) is 2.37. The van der Waals surface area contributed by atoms with Gasteiger partial charge in [-0.25, -0.2) is 9.18 Å². The summed E-state index contributed by atoms with van der Waals surface area (Å²) in [6, 6.07) is 5.85. The molecule has 2 rings (SSSR count). The van der Waals surface area contributed by atoms with E-state index in [1.807, 2.05) is 0 Å². The van der Waals surface area contributed by atoms with Crippen molar-refractivity contribution < 1.29 is 13.9 Å². The van der Waals surface area contributed by atoms with Crippen LogP contribution in [0.2, 0.25) is 0 Å². The lowest BCUT2D eigenvalue weighted by molar-refractivity contribution is 0.0599. The van der Waals surface area contributed by atoms with Gasteiger partial charge in [0.15, 0.2) is 0 Å². The van der Waals surface area contributed by atoms with Crippen molar-refractivity contribution in [3.63, 3.8) is 0 Å². The van der Waals surface area contributed by atoms with Crippen molar-refractivity contribution in [2.75, 3.05) is 7.11 Å². The van der Waals surface area contributed by atoms with Crippen LogP contribution < -0.4 is 0 Å². The van der Waals surface area contributed by atoms with Gasteiger partial charge in [0.25, 0.3) is 0 Å². The number of carbonyl (C=O) groups excluding carboxylic acids is 1. The predicted molar refractivity (Wildman–Crippen MR) is 57.8 cm³/mol. The van der Waals surface area contributed by atoms with Crippen LogP contribution in [0.1, 0.15) is 16.1 Å². The first-order chi connectivity index (χ1) is 7.61. The van der Waals surface area contributed by atoms with E-state index in [0.717, 1.165) is 0 Å². The molecule has 16 heavy (non-hydrogen) atoms. The van der Waals surface area contributed by atoms with Crippen molar-refractivity contribution in [2.45, 2.75) is 6.92 Å². The van der Waals surface area contributed by atoms with Gasteiger partial charge in [-0.2, -0.15) is 0 Å². The standard InChI is InChI=1S/C12H10FNO2/c1-7-10(12(15)16-2)6-8-5-9(13)3-4-11(8)14-7/h3-6H,1-2H3. The molecular formula is C12H10FNO2. The highest BCUT2D eigenvalue weighted by Crippen LogP contribution is 2.18. The fraction of sp³-hybridized carbons (Fsp3) is 0.167. The van der Waals surface area contributed by atoms with E-state index in [2.05, 4.69) is 9.72 Å². The summed E-state index contributed by atoms with van der Waals surface area (Å²) in [7, 11) is 1.30. The number of halogens is 1. The Labute approximate surface area is 91.9 Å². The Kier molecular flexibility index (Phi) is 2.56. The first kappa shape index (κ1) is 10.5. The predicted octanol–water partition coefficient (Wildman–Crippen LogP) is 2.47. The second kappa shape index (κ2) is 3.89. The van der Waals surface area contributed by atoms with Crippen LogP contribution in [0.3, 0.4) is 0 Å². The Hall–Kier alpha value is -1.97. The molecule has 3 nitrogen and oxygen atoms in total. The summed E-state index contributed by atoms with van der Waals surface area (Å²) in [5.74, 6) is -0.815. The average Bonchev–Trinajstić information content (AvgIpc) is 2.28. The van der Waals surface area contributed by atoms with Crippen LogP contribution in [0, 0.1) is 12.7 Å². The van der Waals surface area contributed by atoms with Gasteiger partial charge in [-0.3, -0.25) is 4.98 Å². The number of nitrogens with zero attached hydrogens (tertiary/aromatic N) is 1.